The van der Waals surface area contributed by atoms with Gasteiger partial charge >= 0.3 is 0 Å². The lowest BCUT2D eigenvalue weighted by Gasteiger charge is -2.36. The largest absolute Gasteiger partial charge is 0.395 e. The van der Waals surface area contributed by atoms with Crippen molar-refractivity contribution in [2.75, 3.05) is 13.2 Å². The predicted octanol–water partition coefficient (Wildman–Crippen LogP) is 1.13. The quantitative estimate of drug-likeness (QED) is 0.627. The number of nitrogens with zero attached hydrogens (tertiary/aromatic N) is 2. The van der Waals surface area contributed by atoms with E-state index >= 15 is 0 Å². The topological polar surface area (TPSA) is 101 Å². The lowest BCUT2D eigenvalue weighted by Crippen LogP contribution is -2.45. The molecular formula is C12H16N2O5S. The Morgan fingerprint density at radius 3 is 2.60 bits per heavy atom. The zero-order chi connectivity index (χ0) is 14.8. The van der Waals surface area contributed by atoms with Crippen molar-refractivity contribution in [2.45, 2.75) is 30.2 Å². The molecule has 20 heavy (non-hydrogen) atoms. The van der Waals surface area contributed by atoms with E-state index in [1.54, 1.807) is 0 Å². The highest BCUT2D eigenvalue weighted by Gasteiger charge is 2.34. The lowest BCUT2D eigenvalue weighted by atomic mass is 9.93. The maximum Gasteiger partial charge on any atom is 0.270 e. The fourth-order valence-corrected chi connectivity index (χ4v) is 3.88. The van der Waals surface area contributed by atoms with Crippen LogP contribution in [-0.2, 0) is 10.0 Å². The van der Waals surface area contributed by atoms with Crippen molar-refractivity contribution in [1.82, 2.24) is 4.31 Å². The molecule has 0 spiro atoms. The van der Waals surface area contributed by atoms with Crippen LogP contribution in [0.3, 0.4) is 0 Å². The SMILES string of the molecule is O=[N+]([O-])c1cccc(S(=O)(=O)N(CCO)C2CCC2)c1. The summed E-state index contributed by atoms with van der Waals surface area (Å²) in [6.07, 6.45) is 2.47. The summed E-state index contributed by atoms with van der Waals surface area (Å²) in [6, 6.07) is 4.87. The van der Waals surface area contributed by atoms with E-state index in [2.05, 4.69) is 0 Å². The van der Waals surface area contributed by atoms with Crippen LogP contribution in [0.25, 0.3) is 0 Å². The molecule has 1 aliphatic carbocycles. The molecule has 1 aromatic rings. The van der Waals surface area contributed by atoms with Crippen LogP contribution in [0.5, 0.6) is 0 Å². The van der Waals surface area contributed by atoms with E-state index < -0.39 is 14.9 Å². The van der Waals surface area contributed by atoms with Gasteiger partial charge in [-0.05, 0) is 18.9 Å². The molecule has 0 unspecified atom stereocenters. The highest BCUT2D eigenvalue weighted by molar-refractivity contribution is 7.89. The number of non-ortho nitro benzene ring substituents is 1. The first-order chi connectivity index (χ1) is 9.46. The minimum absolute atomic E-state index is 0.00961. The number of aliphatic hydroxyl groups excluding tert-OH is 1. The minimum atomic E-state index is -3.81. The smallest absolute Gasteiger partial charge is 0.270 e. The molecule has 1 saturated carbocycles. The standard InChI is InChI=1S/C12H16N2O5S/c15-8-7-13(10-3-1-4-10)20(18,19)12-6-2-5-11(9-12)14(16)17/h2,5-6,9-10,15H,1,3-4,7-8H2. The summed E-state index contributed by atoms with van der Waals surface area (Å²) in [5.41, 5.74) is -0.261. The maximum atomic E-state index is 12.5. The normalized spacial score (nSPS) is 16.1. The van der Waals surface area contributed by atoms with Crippen molar-refractivity contribution < 1.29 is 18.4 Å². The molecule has 8 heteroatoms. The van der Waals surface area contributed by atoms with Gasteiger partial charge in [0.2, 0.25) is 10.0 Å². The molecule has 0 amide bonds. The summed E-state index contributed by atoms with van der Waals surface area (Å²) in [6.45, 7) is -0.264. The molecule has 1 N–H and O–H groups in total. The molecular weight excluding hydrogens is 284 g/mol. The molecule has 7 nitrogen and oxygen atoms in total. The van der Waals surface area contributed by atoms with Crippen molar-refractivity contribution in [3.8, 4) is 0 Å². The van der Waals surface area contributed by atoms with Gasteiger partial charge in [0, 0.05) is 24.7 Å². The number of rotatable bonds is 6. The molecule has 0 bridgehead atoms. The molecule has 2 rings (SSSR count). The Bertz CT molecular complexity index is 598. The molecule has 0 atom stereocenters. The van der Waals surface area contributed by atoms with Crippen LogP contribution in [0, 0.1) is 10.1 Å². The van der Waals surface area contributed by atoms with Gasteiger partial charge in [0.1, 0.15) is 0 Å². The third-order valence-corrected chi connectivity index (χ3v) is 5.39. The summed E-state index contributed by atoms with van der Waals surface area (Å²) in [5, 5.41) is 19.8. The highest BCUT2D eigenvalue weighted by atomic mass is 32.2. The average molecular weight is 300 g/mol. The minimum Gasteiger partial charge on any atom is -0.395 e. The van der Waals surface area contributed by atoms with Gasteiger partial charge in [0.25, 0.3) is 5.69 Å². The Morgan fingerprint density at radius 1 is 1.40 bits per heavy atom. The van der Waals surface area contributed by atoms with Crippen LogP contribution < -0.4 is 0 Å². The number of nitro benzene ring substituents is 1. The second-order valence-electron chi connectivity index (χ2n) is 4.68. The number of hydrogen-bond acceptors (Lipinski definition) is 5. The van der Waals surface area contributed by atoms with Crippen LogP contribution >= 0.6 is 0 Å². The molecule has 0 saturated heterocycles. The monoisotopic (exact) mass is 300 g/mol. The van der Waals surface area contributed by atoms with Crippen molar-refractivity contribution >= 4 is 15.7 Å². The number of benzene rings is 1. The van der Waals surface area contributed by atoms with Gasteiger partial charge in [-0.2, -0.15) is 4.31 Å². The van der Waals surface area contributed by atoms with Crippen molar-refractivity contribution in [2.24, 2.45) is 0 Å². The van der Waals surface area contributed by atoms with E-state index in [-0.39, 0.29) is 29.8 Å². The van der Waals surface area contributed by atoms with Gasteiger partial charge in [-0.25, -0.2) is 8.42 Å². The second kappa shape index (κ2) is 5.86. The Morgan fingerprint density at radius 2 is 2.10 bits per heavy atom. The molecule has 0 aromatic heterocycles. The number of hydrogen-bond donors (Lipinski definition) is 1. The van der Waals surface area contributed by atoms with E-state index in [1.165, 1.54) is 22.5 Å². The Balaban J connectivity index is 2.36. The van der Waals surface area contributed by atoms with Gasteiger partial charge in [-0.1, -0.05) is 12.5 Å². The zero-order valence-corrected chi connectivity index (χ0v) is 11.6. The number of sulfonamides is 1. The zero-order valence-electron chi connectivity index (χ0n) is 10.8. The van der Waals surface area contributed by atoms with Crippen LogP contribution in [-0.4, -0.2) is 41.9 Å². The first-order valence-electron chi connectivity index (χ1n) is 6.34. The van der Waals surface area contributed by atoms with Gasteiger partial charge in [0.05, 0.1) is 16.4 Å². The van der Waals surface area contributed by atoms with Gasteiger partial charge < -0.3 is 5.11 Å². The van der Waals surface area contributed by atoms with E-state index in [1.807, 2.05) is 0 Å². The molecule has 0 radical (unpaired) electrons. The molecule has 1 aromatic carbocycles. The number of nitro groups is 1. The fraction of sp³-hybridized carbons (Fsp3) is 0.500. The molecule has 1 aliphatic rings. The van der Waals surface area contributed by atoms with Crippen LogP contribution in [0.1, 0.15) is 19.3 Å². The first-order valence-corrected chi connectivity index (χ1v) is 7.78. The molecule has 1 fully saturated rings. The Labute approximate surface area is 117 Å². The van der Waals surface area contributed by atoms with Crippen LogP contribution in [0.2, 0.25) is 0 Å². The highest BCUT2D eigenvalue weighted by Crippen LogP contribution is 2.30. The van der Waals surface area contributed by atoms with Crippen molar-refractivity contribution in [1.29, 1.82) is 0 Å². The van der Waals surface area contributed by atoms with Gasteiger partial charge in [-0.3, -0.25) is 10.1 Å². The Hall–Kier alpha value is -1.51. The molecule has 110 valence electrons. The Kier molecular flexibility index (Phi) is 4.36. The van der Waals surface area contributed by atoms with Crippen molar-refractivity contribution in [3.05, 3.63) is 34.4 Å². The van der Waals surface area contributed by atoms with Gasteiger partial charge in [-0.15, -0.1) is 0 Å². The lowest BCUT2D eigenvalue weighted by molar-refractivity contribution is -0.385. The number of aliphatic hydroxyl groups is 1. The summed E-state index contributed by atoms with van der Waals surface area (Å²) in [4.78, 5) is 10.0. The predicted molar refractivity (Wildman–Crippen MR) is 71.7 cm³/mol. The van der Waals surface area contributed by atoms with Gasteiger partial charge in [0.15, 0.2) is 0 Å². The van der Waals surface area contributed by atoms with Crippen LogP contribution in [0.15, 0.2) is 29.2 Å². The van der Waals surface area contributed by atoms with Crippen LogP contribution in [0.4, 0.5) is 5.69 Å². The third-order valence-electron chi connectivity index (χ3n) is 3.44. The fourth-order valence-electron chi connectivity index (χ4n) is 2.17. The van der Waals surface area contributed by atoms with E-state index in [9.17, 15) is 18.5 Å². The summed E-state index contributed by atoms with van der Waals surface area (Å²) in [7, 11) is -3.81. The second-order valence-corrected chi connectivity index (χ2v) is 6.57. The van der Waals surface area contributed by atoms with E-state index in [0.29, 0.717) is 0 Å². The van der Waals surface area contributed by atoms with E-state index in [4.69, 9.17) is 5.11 Å². The maximum absolute atomic E-state index is 12.5. The molecule has 0 heterocycles. The van der Waals surface area contributed by atoms with E-state index in [0.717, 1.165) is 25.3 Å². The summed E-state index contributed by atoms with van der Waals surface area (Å²) >= 11 is 0. The molecule has 0 aliphatic heterocycles. The van der Waals surface area contributed by atoms with Crippen molar-refractivity contribution in [3.63, 3.8) is 0 Å². The summed E-state index contributed by atoms with van der Waals surface area (Å²) in [5.74, 6) is 0. The third kappa shape index (κ3) is 2.82. The summed E-state index contributed by atoms with van der Waals surface area (Å²) < 4.78 is 26.3. The average Bonchev–Trinajstić information content (AvgIpc) is 2.36. The first kappa shape index (κ1) is 14.9.